The van der Waals surface area contributed by atoms with Gasteiger partial charge in [0.25, 0.3) is 11.6 Å². The van der Waals surface area contributed by atoms with E-state index >= 15 is 0 Å². The molecule has 0 aromatic heterocycles. The summed E-state index contributed by atoms with van der Waals surface area (Å²) >= 11 is 0. The molecule has 0 aliphatic carbocycles. The van der Waals surface area contributed by atoms with Gasteiger partial charge in [0.1, 0.15) is 0 Å². The van der Waals surface area contributed by atoms with E-state index in [4.69, 9.17) is 4.74 Å². The summed E-state index contributed by atoms with van der Waals surface area (Å²) in [6.45, 7) is -0.560. The molecule has 1 aliphatic heterocycles. The third kappa shape index (κ3) is 5.01. The van der Waals surface area contributed by atoms with Crippen LogP contribution in [0.2, 0.25) is 0 Å². The molecule has 1 saturated heterocycles. The summed E-state index contributed by atoms with van der Waals surface area (Å²) in [5.74, 6) is -1.48. The fourth-order valence-electron chi connectivity index (χ4n) is 2.37. The topological polar surface area (TPSA) is 133 Å². The lowest BCUT2D eigenvalue weighted by Gasteiger charge is -2.11. The van der Waals surface area contributed by atoms with Crippen molar-refractivity contribution in [3.8, 4) is 0 Å². The lowest BCUT2D eigenvalue weighted by atomic mass is 10.1. The summed E-state index contributed by atoms with van der Waals surface area (Å²) in [7, 11) is -3.11. The Morgan fingerprint density at radius 3 is 2.67 bits per heavy atom. The Hall–Kier alpha value is -2.49. The van der Waals surface area contributed by atoms with Crippen molar-refractivity contribution in [2.45, 2.75) is 18.9 Å². The van der Waals surface area contributed by atoms with Crippen molar-refractivity contribution in [3.05, 3.63) is 39.9 Å². The van der Waals surface area contributed by atoms with Crippen LogP contribution in [0.3, 0.4) is 0 Å². The molecule has 0 spiro atoms. The Labute approximate surface area is 138 Å². The van der Waals surface area contributed by atoms with E-state index in [2.05, 4.69) is 5.32 Å². The van der Waals surface area contributed by atoms with Crippen LogP contribution < -0.4 is 5.32 Å². The van der Waals surface area contributed by atoms with Gasteiger partial charge in [-0.3, -0.25) is 19.7 Å². The van der Waals surface area contributed by atoms with Crippen LogP contribution in [0.15, 0.2) is 24.3 Å². The number of rotatable bonds is 6. The van der Waals surface area contributed by atoms with Crippen LogP contribution in [-0.4, -0.2) is 49.4 Å². The highest BCUT2D eigenvalue weighted by Crippen LogP contribution is 2.18. The number of hydrogen-bond donors (Lipinski definition) is 1. The van der Waals surface area contributed by atoms with E-state index in [9.17, 15) is 28.1 Å². The van der Waals surface area contributed by atoms with Crippen molar-refractivity contribution in [1.29, 1.82) is 0 Å². The molecule has 0 saturated carbocycles. The average molecular weight is 356 g/mol. The van der Waals surface area contributed by atoms with Crippen molar-refractivity contribution in [2.24, 2.45) is 0 Å². The summed E-state index contributed by atoms with van der Waals surface area (Å²) in [5.41, 5.74) is -0.00939. The Bertz CT molecular complexity index is 760. The van der Waals surface area contributed by atoms with Gasteiger partial charge in [-0.05, 0) is 6.42 Å². The van der Waals surface area contributed by atoms with E-state index in [1.54, 1.807) is 6.07 Å². The Kier molecular flexibility index (Phi) is 5.50. The van der Waals surface area contributed by atoms with Crippen LogP contribution in [0.5, 0.6) is 0 Å². The molecule has 10 heteroatoms. The Morgan fingerprint density at radius 2 is 2.04 bits per heavy atom. The number of carbonyl (C=O) groups is 2. The first-order valence-corrected chi connectivity index (χ1v) is 8.97. The summed E-state index contributed by atoms with van der Waals surface area (Å²) in [6.07, 6.45) is 0.000467. The predicted octanol–water partition coefficient (Wildman–Crippen LogP) is -0.0162. The maximum absolute atomic E-state index is 11.7. The molecule has 0 radical (unpaired) electrons. The fraction of sp³-hybridized carbons (Fsp3) is 0.429. The molecule has 9 nitrogen and oxygen atoms in total. The Morgan fingerprint density at radius 1 is 1.33 bits per heavy atom. The summed E-state index contributed by atoms with van der Waals surface area (Å²) in [4.78, 5) is 33.6. The van der Waals surface area contributed by atoms with Gasteiger partial charge in [0.15, 0.2) is 16.4 Å². The zero-order valence-electron chi connectivity index (χ0n) is 12.6. The SMILES string of the molecule is O=C(COC(=O)Cc1ccccc1[N+](=O)[O-])N[C@@H]1CCS(=O)(=O)C1. The number of ether oxygens (including phenoxy) is 1. The molecule has 2 rings (SSSR count). The molecule has 1 amide bonds. The largest absolute Gasteiger partial charge is 0.455 e. The quantitative estimate of drug-likeness (QED) is 0.430. The zero-order chi connectivity index (χ0) is 17.7. The van der Waals surface area contributed by atoms with Gasteiger partial charge in [-0.1, -0.05) is 18.2 Å². The van der Waals surface area contributed by atoms with E-state index in [0.29, 0.717) is 6.42 Å². The van der Waals surface area contributed by atoms with Gasteiger partial charge in [-0.25, -0.2) is 8.42 Å². The molecule has 24 heavy (non-hydrogen) atoms. The minimum atomic E-state index is -3.11. The number of para-hydroxylation sites is 1. The highest BCUT2D eigenvalue weighted by atomic mass is 32.2. The number of amides is 1. The van der Waals surface area contributed by atoms with Crippen LogP contribution in [0.4, 0.5) is 5.69 Å². The van der Waals surface area contributed by atoms with Crippen LogP contribution in [0, 0.1) is 10.1 Å². The van der Waals surface area contributed by atoms with Crippen LogP contribution in [0.25, 0.3) is 0 Å². The number of esters is 1. The molecule has 1 aromatic carbocycles. The third-order valence-electron chi connectivity index (χ3n) is 3.48. The molecule has 1 atom stereocenters. The van der Waals surface area contributed by atoms with Gasteiger partial charge in [-0.15, -0.1) is 0 Å². The molecule has 1 aromatic rings. The van der Waals surface area contributed by atoms with Crippen molar-refractivity contribution in [3.63, 3.8) is 0 Å². The number of nitrogens with one attached hydrogen (secondary N) is 1. The van der Waals surface area contributed by atoms with Crippen molar-refractivity contribution < 1.29 is 27.7 Å². The van der Waals surface area contributed by atoms with Crippen LogP contribution in [-0.2, 0) is 30.6 Å². The normalized spacial score (nSPS) is 18.8. The molecular formula is C14H16N2O7S. The standard InChI is InChI=1S/C14H16N2O7S/c17-13(15-11-5-6-24(21,22)9-11)8-23-14(18)7-10-3-1-2-4-12(10)16(19)20/h1-4,11H,5-9H2,(H,15,17)/t11-/m1/s1. The second-order valence-electron chi connectivity index (χ2n) is 5.39. The highest BCUT2D eigenvalue weighted by molar-refractivity contribution is 7.91. The molecule has 1 heterocycles. The van der Waals surface area contributed by atoms with Crippen LogP contribution in [0.1, 0.15) is 12.0 Å². The Balaban J connectivity index is 1.81. The van der Waals surface area contributed by atoms with Crippen molar-refractivity contribution in [1.82, 2.24) is 5.32 Å². The maximum Gasteiger partial charge on any atom is 0.311 e. The van der Waals surface area contributed by atoms with E-state index < -0.39 is 39.3 Å². The van der Waals surface area contributed by atoms with Gasteiger partial charge in [0.2, 0.25) is 0 Å². The second-order valence-corrected chi connectivity index (χ2v) is 7.62. The van der Waals surface area contributed by atoms with E-state index in [-0.39, 0.29) is 29.2 Å². The molecule has 1 N–H and O–H groups in total. The van der Waals surface area contributed by atoms with E-state index in [1.165, 1.54) is 18.2 Å². The lowest BCUT2D eigenvalue weighted by molar-refractivity contribution is -0.385. The molecule has 0 bridgehead atoms. The smallest absolute Gasteiger partial charge is 0.311 e. The first kappa shape index (κ1) is 17.9. The van der Waals surface area contributed by atoms with Gasteiger partial charge < -0.3 is 10.1 Å². The van der Waals surface area contributed by atoms with Gasteiger partial charge in [0, 0.05) is 17.7 Å². The average Bonchev–Trinajstić information content (AvgIpc) is 2.84. The zero-order valence-corrected chi connectivity index (χ0v) is 13.5. The molecular weight excluding hydrogens is 340 g/mol. The summed E-state index contributed by atoms with van der Waals surface area (Å²) in [5, 5.41) is 13.3. The molecule has 0 unspecified atom stereocenters. The predicted molar refractivity (Wildman–Crippen MR) is 83.0 cm³/mol. The molecule has 130 valence electrons. The molecule has 1 aliphatic rings. The second kappa shape index (κ2) is 7.39. The maximum atomic E-state index is 11.7. The third-order valence-corrected chi connectivity index (χ3v) is 5.25. The monoisotopic (exact) mass is 356 g/mol. The van der Waals surface area contributed by atoms with Crippen molar-refractivity contribution >= 4 is 27.4 Å². The van der Waals surface area contributed by atoms with E-state index in [0.717, 1.165) is 0 Å². The first-order chi connectivity index (χ1) is 11.3. The summed E-state index contributed by atoms with van der Waals surface area (Å²) < 4.78 is 27.4. The first-order valence-electron chi connectivity index (χ1n) is 7.14. The van der Waals surface area contributed by atoms with E-state index in [1.807, 2.05) is 0 Å². The number of nitro benzene ring substituents is 1. The minimum Gasteiger partial charge on any atom is -0.455 e. The number of nitro groups is 1. The van der Waals surface area contributed by atoms with Gasteiger partial charge in [-0.2, -0.15) is 0 Å². The highest BCUT2D eigenvalue weighted by Gasteiger charge is 2.29. The number of nitrogens with zero attached hydrogens (tertiary/aromatic N) is 1. The summed E-state index contributed by atoms with van der Waals surface area (Å²) in [6, 6.07) is 5.27. The molecule has 1 fully saturated rings. The van der Waals surface area contributed by atoms with Crippen LogP contribution >= 0.6 is 0 Å². The number of carbonyl (C=O) groups excluding carboxylic acids is 2. The number of sulfone groups is 1. The minimum absolute atomic E-state index is 0.0232. The number of hydrogen-bond acceptors (Lipinski definition) is 7. The van der Waals surface area contributed by atoms with Gasteiger partial charge >= 0.3 is 5.97 Å². The lowest BCUT2D eigenvalue weighted by Crippen LogP contribution is -2.38. The number of benzene rings is 1. The van der Waals surface area contributed by atoms with Crippen molar-refractivity contribution in [2.75, 3.05) is 18.1 Å². The fourth-order valence-corrected chi connectivity index (χ4v) is 4.04. The van der Waals surface area contributed by atoms with Gasteiger partial charge in [0.05, 0.1) is 22.8 Å².